The lowest BCUT2D eigenvalue weighted by Gasteiger charge is -2.12. The van der Waals surface area contributed by atoms with Gasteiger partial charge in [0.1, 0.15) is 5.75 Å². The molecule has 3 aromatic rings. The van der Waals surface area contributed by atoms with Crippen molar-refractivity contribution in [1.29, 1.82) is 0 Å². The number of hydrogen-bond acceptors (Lipinski definition) is 6. The van der Waals surface area contributed by atoms with Gasteiger partial charge in [0, 0.05) is 37.9 Å². The van der Waals surface area contributed by atoms with Gasteiger partial charge >= 0.3 is 0 Å². The molecule has 0 radical (unpaired) electrons. The number of rotatable bonds is 3. The van der Waals surface area contributed by atoms with Crippen LogP contribution < -0.4 is 15.4 Å². The predicted octanol–water partition coefficient (Wildman–Crippen LogP) is 2.47. The summed E-state index contributed by atoms with van der Waals surface area (Å²) < 4.78 is 5.86. The molecule has 0 saturated carbocycles. The van der Waals surface area contributed by atoms with Gasteiger partial charge in [-0.3, -0.25) is 4.98 Å². The standard InChI is InChI=1S/C15H15N5O/c1-20(2)15-18-9-7-13(19-15)21-12-6-5-11(16)14-10(12)4-3-8-17-14/h3-9H,16H2,1-2H3. The Morgan fingerprint density at radius 2 is 1.90 bits per heavy atom. The number of nitrogen functional groups attached to an aromatic ring is 1. The molecule has 0 atom stereocenters. The molecule has 2 heterocycles. The lowest BCUT2D eigenvalue weighted by Crippen LogP contribution is -2.12. The van der Waals surface area contributed by atoms with E-state index in [0.717, 1.165) is 10.9 Å². The predicted molar refractivity (Wildman–Crippen MR) is 82.6 cm³/mol. The normalized spacial score (nSPS) is 10.6. The van der Waals surface area contributed by atoms with Crippen molar-refractivity contribution in [3.63, 3.8) is 0 Å². The highest BCUT2D eigenvalue weighted by Crippen LogP contribution is 2.31. The first-order chi connectivity index (χ1) is 10.1. The molecule has 0 unspecified atom stereocenters. The number of ether oxygens (including phenoxy) is 1. The topological polar surface area (TPSA) is 77.2 Å². The molecule has 0 spiro atoms. The molecule has 2 aromatic heterocycles. The van der Waals surface area contributed by atoms with E-state index in [2.05, 4.69) is 15.0 Å². The summed E-state index contributed by atoms with van der Waals surface area (Å²) in [5, 5.41) is 0.850. The minimum atomic E-state index is 0.476. The third-order valence-corrected chi connectivity index (χ3v) is 2.99. The number of nitrogens with two attached hydrogens (primary N) is 1. The third-order valence-electron chi connectivity index (χ3n) is 2.99. The van der Waals surface area contributed by atoms with Crippen LogP contribution in [0.3, 0.4) is 0 Å². The highest BCUT2D eigenvalue weighted by Gasteiger charge is 2.08. The fourth-order valence-corrected chi connectivity index (χ4v) is 1.97. The molecule has 0 bridgehead atoms. The zero-order valence-electron chi connectivity index (χ0n) is 11.8. The molecule has 0 aliphatic rings. The van der Waals surface area contributed by atoms with E-state index in [1.165, 1.54) is 0 Å². The van der Waals surface area contributed by atoms with Crippen LogP contribution >= 0.6 is 0 Å². The summed E-state index contributed by atoms with van der Waals surface area (Å²) in [5.41, 5.74) is 7.27. The molecule has 0 aliphatic carbocycles. The van der Waals surface area contributed by atoms with Crippen LogP contribution in [0.25, 0.3) is 10.9 Å². The van der Waals surface area contributed by atoms with E-state index in [1.54, 1.807) is 24.5 Å². The van der Waals surface area contributed by atoms with E-state index in [-0.39, 0.29) is 0 Å². The zero-order chi connectivity index (χ0) is 14.8. The summed E-state index contributed by atoms with van der Waals surface area (Å²) in [6, 6.07) is 9.07. The van der Waals surface area contributed by atoms with Gasteiger partial charge in [0.2, 0.25) is 11.8 Å². The van der Waals surface area contributed by atoms with Gasteiger partial charge in [-0.2, -0.15) is 4.98 Å². The molecule has 0 aliphatic heterocycles. The van der Waals surface area contributed by atoms with E-state index in [1.807, 2.05) is 37.2 Å². The van der Waals surface area contributed by atoms with Crippen molar-refractivity contribution in [1.82, 2.24) is 15.0 Å². The number of nitrogens with zero attached hydrogens (tertiary/aromatic N) is 4. The largest absolute Gasteiger partial charge is 0.438 e. The fraction of sp³-hybridized carbons (Fsp3) is 0.133. The molecule has 2 N–H and O–H groups in total. The van der Waals surface area contributed by atoms with Gasteiger partial charge in [0.25, 0.3) is 0 Å². The number of anilines is 2. The van der Waals surface area contributed by atoms with Crippen molar-refractivity contribution in [2.75, 3.05) is 24.7 Å². The Bertz CT molecular complexity index is 788. The highest BCUT2D eigenvalue weighted by atomic mass is 16.5. The first-order valence-corrected chi connectivity index (χ1v) is 6.46. The van der Waals surface area contributed by atoms with E-state index < -0.39 is 0 Å². The molecule has 106 valence electrons. The number of fused-ring (bicyclic) bond motifs is 1. The maximum Gasteiger partial charge on any atom is 0.228 e. The summed E-state index contributed by atoms with van der Waals surface area (Å²) in [6.07, 6.45) is 3.37. The number of aromatic nitrogens is 3. The minimum absolute atomic E-state index is 0.476. The minimum Gasteiger partial charge on any atom is -0.438 e. The molecule has 1 aromatic carbocycles. The number of pyridine rings is 1. The second-order valence-electron chi connectivity index (χ2n) is 4.74. The Balaban J connectivity index is 2.02. The smallest absolute Gasteiger partial charge is 0.228 e. The molecule has 21 heavy (non-hydrogen) atoms. The van der Waals surface area contributed by atoms with Gasteiger partial charge in [-0.1, -0.05) is 0 Å². The molecule has 0 saturated heterocycles. The van der Waals surface area contributed by atoms with Crippen molar-refractivity contribution in [3.8, 4) is 11.6 Å². The Morgan fingerprint density at radius 1 is 1.05 bits per heavy atom. The molecule has 0 fully saturated rings. The fourth-order valence-electron chi connectivity index (χ4n) is 1.97. The van der Waals surface area contributed by atoms with Crippen LogP contribution in [-0.4, -0.2) is 29.0 Å². The van der Waals surface area contributed by atoms with Crippen LogP contribution in [0.4, 0.5) is 11.6 Å². The van der Waals surface area contributed by atoms with Crippen LogP contribution in [0, 0.1) is 0 Å². The molecule has 6 heteroatoms. The number of hydrogen-bond donors (Lipinski definition) is 1. The molecular weight excluding hydrogens is 266 g/mol. The average molecular weight is 281 g/mol. The molecular formula is C15H15N5O. The highest BCUT2D eigenvalue weighted by molar-refractivity contribution is 5.93. The first-order valence-electron chi connectivity index (χ1n) is 6.46. The van der Waals surface area contributed by atoms with Crippen LogP contribution in [0.5, 0.6) is 11.6 Å². The van der Waals surface area contributed by atoms with E-state index in [9.17, 15) is 0 Å². The van der Waals surface area contributed by atoms with Crippen LogP contribution in [0.1, 0.15) is 0 Å². The molecule has 3 rings (SSSR count). The van der Waals surface area contributed by atoms with Crippen molar-refractivity contribution in [2.45, 2.75) is 0 Å². The van der Waals surface area contributed by atoms with Gasteiger partial charge in [-0.05, 0) is 24.3 Å². The maximum absolute atomic E-state index is 5.93. The van der Waals surface area contributed by atoms with E-state index in [4.69, 9.17) is 10.5 Å². The molecule has 6 nitrogen and oxygen atoms in total. The Labute approximate surface area is 122 Å². The molecule has 0 amide bonds. The monoisotopic (exact) mass is 281 g/mol. The number of benzene rings is 1. The average Bonchev–Trinajstić information content (AvgIpc) is 2.51. The quantitative estimate of drug-likeness (QED) is 0.743. The van der Waals surface area contributed by atoms with E-state index >= 15 is 0 Å². The van der Waals surface area contributed by atoms with E-state index in [0.29, 0.717) is 23.3 Å². The van der Waals surface area contributed by atoms with Crippen molar-refractivity contribution in [2.24, 2.45) is 0 Å². The van der Waals surface area contributed by atoms with Gasteiger partial charge in [-0.15, -0.1) is 0 Å². The SMILES string of the molecule is CN(C)c1nccc(Oc2ccc(N)c3ncccc23)n1. The van der Waals surface area contributed by atoms with Crippen LogP contribution in [-0.2, 0) is 0 Å². The van der Waals surface area contributed by atoms with Crippen molar-refractivity contribution < 1.29 is 4.74 Å². The summed E-state index contributed by atoms with van der Waals surface area (Å²) in [4.78, 5) is 14.6. The van der Waals surface area contributed by atoms with Gasteiger partial charge in [0.15, 0.2) is 0 Å². The lowest BCUT2D eigenvalue weighted by atomic mass is 10.2. The summed E-state index contributed by atoms with van der Waals surface area (Å²) in [6.45, 7) is 0. The zero-order valence-corrected chi connectivity index (χ0v) is 11.8. The second kappa shape index (κ2) is 5.24. The maximum atomic E-state index is 5.93. The van der Waals surface area contributed by atoms with Crippen LogP contribution in [0.15, 0.2) is 42.7 Å². The Hall–Kier alpha value is -2.89. The first kappa shape index (κ1) is 13.1. The summed E-state index contributed by atoms with van der Waals surface area (Å²) >= 11 is 0. The lowest BCUT2D eigenvalue weighted by molar-refractivity contribution is 0.467. The second-order valence-corrected chi connectivity index (χ2v) is 4.74. The van der Waals surface area contributed by atoms with Crippen molar-refractivity contribution >= 4 is 22.5 Å². The summed E-state index contributed by atoms with van der Waals surface area (Å²) in [5.74, 6) is 1.73. The Kier molecular flexibility index (Phi) is 3.27. The van der Waals surface area contributed by atoms with Crippen molar-refractivity contribution in [3.05, 3.63) is 42.7 Å². The van der Waals surface area contributed by atoms with Gasteiger partial charge in [-0.25, -0.2) is 4.98 Å². The summed E-state index contributed by atoms with van der Waals surface area (Å²) in [7, 11) is 3.75. The Morgan fingerprint density at radius 3 is 2.71 bits per heavy atom. The van der Waals surface area contributed by atoms with Gasteiger partial charge < -0.3 is 15.4 Å². The van der Waals surface area contributed by atoms with Gasteiger partial charge in [0.05, 0.1) is 11.2 Å². The third kappa shape index (κ3) is 2.55. The van der Waals surface area contributed by atoms with Crippen LogP contribution in [0.2, 0.25) is 0 Å².